The van der Waals surface area contributed by atoms with Gasteiger partial charge in [0.05, 0.1) is 5.56 Å². The summed E-state index contributed by atoms with van der Waals surface area (Å²) in [6.45, 7) is 8.54. The molecule has 1 aliphatic heterocycles. The van der Waals surface area contributed by atoms with Crippen LogP contribution in [0.2, 0.25) is 0 Å². The molecule has 0 bridgehead atoms. The second-order valence-electron chi connectivity index (χ2n) is 7.21. The number of amides is 1. The summed E-state index contributed by atoms with van der Waals surface area (Å²) < 4.78 is 0. The van der Waals surface area contributed by atoms with Crippen LogP contribution in [-0.2, 0) is 6.54 Å². The maximum atomic E-state index is 12.7. The van der Waals surface area contributed by atoms with Gasteiger partial charge in [0.25, 0.3) is 5.91 Å². The Hall–Kier alpha value is -2.40. The quantitative estimate of drug-likeness (QED) is 0.830. The molecule has 26 heavy (non-hydrogen) atoms. The van der Waals surface area contributed by atoms with Crippen LogP contribution in [0.3, 0.4) is 0 Å². The molecule has 1 aliphatic rings. The van der Waals surface area contributed by atoms with E-state index in [4.69, 9.17) is 0 Å². The number of nitrogens with zero attached hydrogens (tertiary/aromatic N) is 4. The molecule has 1 saturated heterocycles. The Bertz CT molecular complexity index is 707. The Balaban J connectivity index is 1.71. The second kappa shape index (κ2) is 8.32. The van der Waals surface area contributed by atoms with Crippen LogP contribution in [0.4, 0.5) is 5.82 Å². The first-order valence-corrected chi connectivity index (χ1v) is 9.29. The number of benzene rings is 1. The zero-order valence-electron chi connectivity index (χ0n) is 15.9. The normalized spacial score (nSPS) is 15.3. The lowest BCUT2D eigenvalue weighted by Gasteiger charge is -2.32. The summed E-state index contributed by atoms with van der Waals surface area (Å²) in [6, 6.07) is 14.6. The first-order valence-electron chi connectivity index (χ1n) is 9.29. The van der Waals surface area contributed by atoms with Crippen molar-refractivity contribution in [3.05, 3.63) is 59.8 Å². The van der Waals surface area contributed by atoms with Gasteiger partial charge in [0, 0.05) is 45.0 Å². The third kappa shape index (κ3) is 4.41. The van der Waals surface area contributed by atoms with Gasteiger partial charge in [-0.3, -0.25) is 4.79 Å². The Morgan fingerprint density at radius 2 is 1.77 bits per heavy atom. The lowest BCUT2D eigenvalue weighted by molar-refractivity contribution is 0.0663. The van der Waals surface area contributed by atoms with Gasteiger partial charge < -0.3 is 14.7 Å². The number of hydrogen-bond acceptors (Lipinski definition) is 4. The summed E-state index contributed by atoms with van der Waals surface area (Å²) in [7, 11) is 2.09. The van der Waals surface area contributed by atoms with Crippen LogP contribution < -0.4 is 4.90 Å². The second-order valence-corrected chi connectivity index (χ2v) is 7.21. The molecule has 0 spiro atoms. The van der Waals surface area contributed by atoms with Gasteiger partial charge in [-0.1, -0.05) is 30.3 Å². The van der Waals surface area contributed by atoms with Gasteiger partial charge >= 0.3 is 0 Å². The number of pyridine rings is 1. The topological polar surface area (TPSA) is 39.7 Å². The standard InChI is InChI=1S/C21H28N4O/c1-17(2)25(16-18-7-5-4-6-8-18)20-10-9-19(15-22-20)21(26)24-13-11-23(3)12-14-24/h4-10,15,17H,11-14,16H2,1-3H3. The highest BCUT2D eigenvalue weighted by Gasteiger charge is 2.21. The van der Waals surface area contributed by atoms with Crippen LogP contribution in [0, 0.1) is 0 Å². The molecule has 1 aromatic carbocycles. The lowest BCUT2D eigenvalue weighted by atomic mass is 10.1. The highest BCUT2D eigenvalue weighted by atomic mass is 16.2. The van der Waals surface area contributed by atoms with Gasteiger partial charge in [0.1, 0.15) is 5.82 Å². The minimum atomic E-state index is 0.0799. The van der Waals surface area contributed by atoms with Gasteiger partial charge in [-0.2, -0.15) is 0 Å². The Morgan fingerprint density at radius 3 is 2.35 bits per heavy atom. The Labute approximate surface area is 156 Å². The Kier molecular flexibility index (Phi) is 5.89. The number of rotatable bonds is 5. The van der Waals surface area contributed by atoms with E-state index in [1.165, 1.54) is 5.56 Å². The van der Waals surface area contributed by atoms with E-state index in [1.54, 1.807) is 6.20 Å². The zero-order valence-corrected chi connectivity index (χ0v) is 15.9. The highest BCUT2D eigenvalue weighted by molar-refractivity contribution is 5.94. The van der Waals surface area contributed by atoms with E-state index in [0.717, 1.165) is 38.5 Å². The van der Waals surface area contributed by atoms with E-state index in [-0.39, 0.29) is 5.91 Å². The molecule has 1 amide bonds. The number of anilines is 1. The van der Waals surface area contributed by atoms with Gasteiger partial charge in [0.15, 0.2) is 0 Å². The minimum absolute atomic E-state index is 0.0799. The number of aromatic nitrogens is 1. The first-order chi connectivity index (χ1) is 12.5. The van der Waals surface area contributed by atoms with Crippen LogP contribution in [0.1, 0.15) is 29.8 Å². The molecule has 5 heteroatoms. The van der Waals surface area contributed by atoms with Crippen LogP contribution in [0.25, 0.3) is 0 Å². The van der Waals surface area contributed by atoms with Crippen molar-refractivity contribution in [3.63, 3.8) is 0 Å². The fraction of sp³-hybridized carbons (Fsp3) is 0.429. The van der Waals surface area contributed by atoms with Crippen LogP contribution in [0.15, 0.2) is 48.7 Å². The molecule has 1 aromatic heterocycles. The SMILES string of the molecule is CC(C)N(Cc1ccccc1)c1ccc(C(=O)N2CCN(C)CC2)cn1. The van der Waals surface area contributed by atoms with E-state index in [1.807, 2.05) is 23.1 Å². The van der Waals surface area contributed by atoms with Crippen LogP contribution in [0.5, 0.6) is 0 Å². The van der Waals surface area contributed by atoms with Crippen molar-refractivity contribution >= 4 is 11.7 Å². The lowest BCUT2D eigenvalue weighted by Crippen LogP contribution is -2.47. The average molecular weight is 352 g/mol. The van der Waals surface area contributed by atoms with Crippen molar-refractivity contribution in [2.45, 2.75) is 26.4 Å². The molecular formula is C21H28N4O. The smallest absolute Gasteiger partial charge is 0.255 e. The average Bonchev–Trinajstić information content (AvgIpc) is 2.67. The summed E-state index contributed by atoms with van der Waals surface area (Å²) in [4.78, 5) is 23.7. The van der Waals surface area contributed by atoms with Crippen molar-refractivity contribution in [2.24, 2.45) is 0 Å². The van der Waals surface area contributed by atoms with Crippen molar-refractivity contribution in [2.75, 3.05) is 38.1 Å². The Morgan fingerprint density at radius 1 is 1.08 bits per heavy atom. The van der Waals surface area contributed by atoms with Crippen molar-refractivity contribution in [1.82, 2.24) is 14.8 Å². The van der Waals surface area contributed by atoms with E-state index in [2.05, 4.69) is 59.9 Å². The largest absolute Gasteiger partial charge is 0.350 e. The fourth-order valence-corrected chi connectivity index (χ4v) is 3.18. The number of hydrogen-bond donors (Lipinski definition) is 0. The molecule has 5 nitrogen and oxygen atoms in total. The van der Waals surface area contributed by atoms with Crippen molar-refractivity contribution in [3.8, 4) is 0 Å². The molecule has 0 radical (unpaired) electrons. The molecule has 0 unspecified atom stereocenters. The number of carbonyl (C=O) groups is 1. The number of piperazine rings is 1. The molecule has 138 valence electrons. The number of likely N-dealkylation sites (N-methyl/N-ethyl adjacent to an activating group) is 1. The molecule has 2 aromatic rings. The predicted octanol–water partition coefficient (Wildman–Crippen LogP) is 2.88. The van der Waals surface area contributed by atoms with E-state index >= 15 is 0 Å². The molecule has 0 atom stereocenters. The zero-order chi connectivity index (χ0) is 18.5. The van der Waals surface area contributed by atoms with Gasteiger partial charge in [-0.15, -0.1) is 0 Å². The third-order valence-corrected chi connectivity index (χ3v) is 4.90. The summed E-state index contributed by atoms with van der Waals surface area (Å²) in [5.74, 6) is 0.982. The van der Waals surface area contributed by atoms with E-state index in [9.17, 15) is 4.79 Å². The first kappa shape index (κ1) is 18.4. The van der Waals surface area contributed by atoms with Crippen LogP contribution in [-0.4, -0.2) is 60.0 Å². The number of carbonyl (C=O) groups excluding carboxylic acids is 1. The summed E-state index contributed by atoms with van der Waals surface area (Å²) in [5, 5.41) is 0. The molecule has 2 heterocycles. The van der Waals surface area contributed by atoms with Crippen molar-refractivity contribution in [1.29, 1.82) is 0 Å². The van der Waals surface area contributed by atoms with E-state index in [0.29, 0.717) is 11.6 Å². The summed E-state index contributed by atoms with van der Waals surface area (Å²) >= 11 is 0. The molecule has 0 aliphatic carbocycles. The van der Waals surface area contributed by atoms with Gasteiger partial charge in [-0.05, 0) is 38.6 Å². The molecule has 1 fully saturated rings. The fourth-order valence-electron chi connectivity index (χ4n) is 3.18. The molecule has 0 saturated carbocycles. The summed E-state index contributed by atoms with van der Waals surface area (Å²) in [6.07, 6.45) is 1.72. The monoisotopic (exact) mass is 352 g/mol. The predicted molar refractivity (Wildman–Crippen MR) is 105 cm³/mol. The van der Waals surface area contributed by atoms with Crippen molar-refractivity contribution < 1.29 is 4.79 Å². The van der Waals surface area contributed by atoms with Gasteiger partial charge in [0.2, 0.25) is 0 Å². The third-order valence-electron chi connectivity index (χ3n) is 4.90. The molecule has 3 rings (SSSR count). The highest BCUT2D eigenvalue weighted by Crippen LogP contribution is 2.19. The maximum Gasteiger partial charge on any atom is 0.255 e. The molecular weight excluding hydrogens is 324 g/mol. The van der Waals surface area contributed by atoms with E-state index < -0.39 is 0 Å². The summed E-state index contributed by atoms with van der Waals surface area (Å²) in [5.41, 5.74) is 1.92. The maximum absolute atomic E-state index is 12.7. The minimum Gasteiger partial charge on any atom is -0.350 e. The molecule has 0 N–H and O–H groups in total. The van der Waals surface area contributed by atoms with Crippen LogP contribution >= 0.6 is 0 Å². The van der Waals surface area contributed by atoms with Gasteiger partial charge in [-0.25, -0.2) is 4.98 Å².